The molecule has 1 saturated carbocycles. The SMILES string of the molecule is COc1ccc(C(=O)N2CC3CC(NC(=O)c4cccs4)C2C3)cn1. The first-order valence-corrected chi connectivity index (χ1v) is 9.19. The molecule has 2 aliphatic rings. The van der Waals surface area contributed by atoms with Crippen molar-refractivity contribution < 1.29 is 14.3 Å². The highest BCUT2D eigenvalue weighted by atomic mass is 32.1. The molecule has 7 heteroatoms. The van der Waals surface area contributed by atoms with Crippen molar-refractivity contribution in [3.63, 3.8) is 0 Å². The van der Waals surface area contributed by atoms with Crippen molar-refractivity contribution in [2.75, 3.05) is 13.7 Å². The Morgan fingerprint density at radius 1 is 1.32 bits per heavy atom. The van der Waals surface area contributed by atoms with Crippen LogP contribution in [-0.2, 0) is 0 Å². The van der Waals surface area contributed by atoms with Gasteiger partial charge in [0.25, 0.3) is 11.8 Å². The van der Waals surface area contributed by atoms with Crippen LogP contribution in [0.1, 0.15) is 32.9 Å². The average molecular weight is 357 g/mol. The van der Waals surface area contributed by atoms with Gasteiger partial charge in [-0.25, -0.2) is 4.98 Å². The van der Waals surface area contributed by atoms with E-state index in [0.29, 0.717) is 22.2 Å². The van der Waals surface area contributed by atoms with E-state index in [1.54, 1.807) is 25.4 Å². The molecule has 0 radical (unpaired) electrons. The summed E-state index contributed by atoms with van der Waals surface area (Å²) in [5.74, 6) is 0.859. The van der Waals surface area contributed by atoms with Crippen molar-refractivity contribution in [1.82, 2.24) is 15.2 Å². The van der Waals surface area contributed by atoms with Crippen LogP contribution in [0.25, 0.3) is 0 Å². The lowest BCUT2D eigenvalue weighted by atomic mass is 10.0. The minimum Gasteiger partial charge on any atom is -0.481 e. The van der Waals surface area contributed by atoms with Crippen LogP contribution in [0.2, 0.25) is 0 Å². The zero-order chi connectivity index (χ0) is 17.4. The largest absolute Gasteiger partial charge is 0.481 e. The number of hydrogen-bond acceptors (Lipinski definition) is 5. The van der Waals surface area contributed by atoms with E-state index in [0.717, 1.165) is 19.4 Å². The number of rotatable bonds is 4. The fourth-order valence-electron chi connectivity index (χ4n) is 3.85. The third-order valence-electron chi connectivity index (χ3n) is 5.00. The van der Waals surface area contributed by atoms with Crippen molar-refractivity contribution in [3.05, 3.63) is 46.3 Å². The van der Waals surface area contributed by atoms with Crippen molar-refractivity contribution in [2.24, 2.45) is 5.92 Å². The molecule has 2 aromatic heterocycles. The van der Waals surface area contributed by atoms with Gasteiger partial charge in [-0.3, -0.25) is 9.59 Å². The number of piperidine rings is 1. The summed E-state index contributed by atoms with van der Waals surface area (Å²) >= 11 is 1.43. The van der Waals surface area contributed by atoms with Crippen LogP contribution >= 0.6 is 11.3 Å². The smallest absolute Gasteiger partial charge is 0.261 e. The van der Waals surface area contributed by atoms with Crippen molar-refractivity contribution in [3.8, 4) is 5.88 Å². The predicted octanol–water partition coefficient (Wildman–Crippen LogP) is 2.18. The zero-order valence-electron chi connectivity index (χ0n) is 13.8. The van der Waals surface area contributed by atoms with E-state index >= 15 is 0 Å². The number of carbonyl (C=O) groups excluding carboxylic acids is 2. The Morgan fingerprint density at radius 3 is 2.84 bits per heavy atom. The number of carbonyl (C=O) groups is 2. The van der Waals surface area contributed by atoms with Gasteiger partial charge in [0.1, 0.15) is 0 Å². The van der Waals surface area contributed by atoms with Crippen LogP contribution in [-0.4, -0.2) is 47.4 Å². The molecule has 3 heterocycles. The quantitative estimate of drug-likeness (QED) is 0.910. The van der Waals surface area contributed by atoms with Gasteiger partial charge in [0.15, 0.2) is 0 Å². The highest BCUT2D eigenvalue weighted by molar-refractivity contribution is 7.12. The number of thiophene rings is 1. The molecule has 1 aliphatic carbocycles. The van der Waals surface area contributed by atoms with Gasteiger partial charge in [0, 0.05) is 24.8 Å². The molecular weight excluding hydrogens is 338 g/mol. The van der Waals surface area contributed by atoms with Crippen LogP contribution in [0, 0.1) is 5.92 Å². The van der Waals surface area contributed by atoms with Gasteiger partial charge in [-0.2, -0.15) is 0 Å². The second-order valence-electron chi connectivity index (χ2n) is 6.51. The van der Waals surface area contributed by atoms with E-state index < -0.39 is 0 Å². The molecule has 2 amide bonds. The summed E-state index contributed by atoms with van der Waals surface area (Å²) in [6.07, 6.45) is 3.43. The van der Waals surface area contributed by atoms with Gasteiger partial charge < -0.3 is 15.0 Å². The normalized spacial score (nSPS) is 24.4. The minimum atomic E-state index is -0.0499. The van der Waals surface area contributed by atoms with Crippen molar-refractivity contribution >= 4 is 23.2 Å². The third kappa shape index (κ3) is 3.00. The summed E-state index contributed by atoms with van der Waals surface area (Å²) in [4.78, 5) is 31.9. The fourth-order valence-corrected chi connectivity index (χ4v) is 4.48. The molecule has 1 saturated heterocycles. The maximum absolute atomic E-state index is 12.8. The molecule has 2 aromatic rings. The van der Waals surface area contributed by atoms with E-state index in [1.807, 2.05) is 22.4 Å². The van der Waals surface area contributed by atoms with E-state index in [1.165, 1.54) is 11.3 Å². The number of methoxy groups -OCH3 is 1. The van der Waals surface area contributed by atoms with Crippen LogP contribution in [0.3, 0.4) is 0 Å². The van der Waals surface area contributed by atoms with Gasteiger partial charge >= 0.3 is 0 Å². The number of pyridine rings is 1. The molecule has 1 N–H and O–H groups in total. The van der Waals surface area contributed by atoms with Gasteiger partial charge in [-0.05, 0) is 36.3 Å². The number of aromatic nitrogens is 1. The Bertz CT molecular complexity index is 775. The maximum Gasteiger partial charge on any atom is 0.261 e. The van der Waals surface area contributed by atoms with E-state index in [2.05, 4.69) is 10.3 Å². The number of hydrogen-bond donors (Lipinski definition) is 1. The molecule has 130 valence electrons. The van der Waals surface area contributed by atoms with E-state index in [9.17, 15) is 9.59 Å². The van der Waals surface area contributed by atoms with Gasteiger partial charge in [0.05, 0.1) is 23.6 Å². The summed E-state index contributed by atoms with van der Waals surface area (Å²) < 4.78 is 5.04. The summed E-state index contributed by atoms with van der Waals surface area (Å²) in [6.45, 7) is 0.751. The fraction of sp³-hybridized carbons (Fsp3) is 0.389. The predicted molar refractivity (Wildman–Crippen MR) is 93.9 cm³/mol. The van der Waals surface area contributed by atoms with Crippen LogP contribution < -0.4 is 10.1 Å². The Kier molecular flexibility index (Phi) is 4.17. The monoisotopic (exact) mass is 357 g/mol. The Balaban J connectivity index is 1.46. The minimum absolute atomic E-state index is 0.0171. The number of likely N-dealkylation sites (tertiary alicyclic amines) is 1. The second-order valence-corrected chi connectivity index (χ2v) is 7.46. The molecular formula is C18H19N3O3S. The second kappa shape index (κ2) is 6.48. The lowest BCUT2D eigenvalue weighted by Gasteiger charge is -2.33. The molecule has 0 spiro atoms. The number of fused-ring (bicyclic) bond motifs is 2. The Hall–Kier alpha value is -2.41. The number of ether oxygens (including phenoxy) is 1. The first-order chi connectivity index (χ1) is 12.2. The van der Waals surface area contributed by atoms with Gasteiger partial charge in [0.2, 0.25) is 5.88 Å². The first-order valence-electron chi connectivity index (χ1n) is 8.31. The molecule has 2 bridgehead atoms. The number of nitrogens with one attached hydrogen (secondary N) is 1. The molecule has 6 nitrogen and oxygen atoms in total. The Morgan fingerprint density at radius 2 is 2.20 bits per heavy atom. The lowest BCUT2D eigenvalue weighted by Crippen LogP contribution is -2.51. The zero-order valence-corrected chi connectivity index (χ0v) is 14.7. The highest BCUT2D eigenvalue weighted by Gasteiger charge is 2.47. The number of nitrogens with zero attached hydrogens (tertiary/aromatic N) is 2. The van der Waals surface area contributed by atoms with Crippen LogP contribution in [0.15, 0.2) is 35.8 Å². The van der Waals surface area contributed by atoms with Crippen LogP contribution in [0.4, 0.5) is 0 Å². The molecule has 3 atom stereocenters. The average Bonchev–Trinajstić information content (AvgIpc) is 3.37. The highest BCUT2D eigenvalue weighted by Crippen LogP contribution is 2.38. The molecule has 4 rings (SSSR count). The molecule has 3 unspecified atom stereocenters. The molecule has 0 aromatic carbocycles. The molecule has 25 heavy (non-hydrogen) atoms. The van der Waals surface area contributed by atoms with E-state index in [-0.39, 0.29) is 23.9 Å². The summed E-state index contributed by atoms with van der Waals surface area (Å²) in [5.41, 5.74) is 0.552. The number of amides is 2. The van der Waals surface area contributed by atoms with Crippen LogP contribution in [0.5, 0.6) is 5.88 Å². The molecule has 2 fully saturated rings. The topological polar surface area (TPSA) is 71.5 Å². The third-order valence-corrected chi connectivity index (χ3v) is 5.87. The maximum atomic E-state index is 12.8. The van der Waals surface area contributed by atoms with Gasteiger partial charge in [-0.1, -0.05) is 6.07 Å². The lowest BCUT2D eigenvalue weighted by molar-refractivity contribution is 0.0648. The standard InChI is InChI=1S/C18H19N3O3S/c1-24-16-5-4-12(9-19-16)18(23)21-10-11-7-13(14(21)8-11)20-17(22)15-3-2-6-25-15/h2-6,9,11,13-14H,7-8,10H2,1H3,(H,20,22). The van der Waals surface area contributed by atoms with Crippen molar-refractivity contribution in [2.45, 2.75) is 24.9 Å². The summed E-state index contributed by atoms with van der Waals surface area (Å²) in [6, 6.07) is 7.19. The summed E-state index contributed by atoms with van der Waals surface area (Å²) in [7, 11) is 1.55. The Labute approximate surface area is 149 Å². The first kappa shape index (κ1) is 16.1. The summed E-state index contributed by atoms with van der Waals surface area (Å²) in [5, 5.41) is 5.00. The van der Waals surface area contributed by atoms with Crippen molar-refractivity contribution in [1.29, 1.82) is 0 Å². The molecule has 1 aliphatic heterocycles. The van der Waals surface area contributed by atoms with Gasteiger partial charge in [-0.15, -0.1) is 11.3 Å². The van der Waals surface area contributed by atoms with E-state index in [4.69, 9.17) is 4.74 Å².